The number of hydrogen-bond donors (Lipinski definition) is 5. The van der Waals surface area contributed by atoms with Crippen LogP contribution < -0.4 is 21.4 Å². The molecule has 0 aliphatic heterocycles. The van der Waals surface area contributed by atoms with Crippen LogP contribution in [0.25, 0.3) is 11.2 Å². The van der Waals surface area contributed by atoms with E-state index in [0.29, 0.717) is 11.4 Å². The van der Waals surface area contributed by atoms with Crippen LogP contribution in [0.4, 0.5) is 17.5 Å². The molecule has 3 rings (SSSR count). The summed E-state index contributed by atoms with van der Waals surface area (Å²) in [4.78, 5) is 50.5. The van der Waals surface area contributed by atoms with Crippen LogP contribution in [-0.4, -0.2) is 61.1 Å². The number of carboxylic acid groups (broad SMARTS) is 2. The summed E-state index contributed by atoms with van der Waals surface area (Å²) in [6.45, 7) is -0.116. The van der Waals surface area contributed by atoms with Crippen molar-refractivity contribution in [1.82, 2.24) is 29.9 Å². The van der Waals surface area contributed by atoms with Gasteiger partial charge in [0.1, 0.15) is 24.0 Å². The van der Waals surface area contributed by atoms with E-state index in [2.05, 4.69) is 25.3 Å². The number of amides is 1. The Morgan fingerprint density at radius 3 is 2.41 bits per heavy atom. The van der Waals surface area contributed by atoms with E-state index in [4.69, 9.17) is 16.6 Å². The molecule has 34 heavy (non-hydrogen) atoms. The SMILES string of the molecule is C[N+]([O-])(Cc1cnc2nc(N)nc(N)c2n1)c1ccc(C(=O)NC(CCC(=O)O)C(=O)O)cc1. The Morgan fingerprint density at radius 2 is 1.79 bits per heavy atom. The number of benzene rings is 1. The van der Waals surface area contributed by atoms with Crippen LogP contribution in [0.1, 0.15) is 28.9 Å². The van der Waals surface area contributed by atoms with Crippen LogP contribution in [0.5, 0.6) is 0 Å². The molecule has 2 heterocycles. The van der Waals surface area contributed by atoms with Crippen molar-refractivity contribution in [2.45, 2.75) is 25.4 Å². The summed E-state index contributed by atoms with van der Waals surface area (Å²) in [5, 5.41) is 33.4. The third kappa shape index (κ3) is 5.67. The average Bonchev–Trinajstić information content (AvgIpc) is 2.76. The second-order valence-corrected chi connectivity index (χ2v) is 7.60. The van der Waals surface area contributed by atoms with Gasteiger partial charge in [-0.05, 0) is 18.6 Å². The van der Waals surface area contributed by atoms with E-state index in [1.807, 2.05) is 0 Å². The summed E-state index contributed by atoms with van der Waals surface area (Å²) in [6.07, 6.45) is 0.706. The van der Waals surface area contributed by atoms with Crippen LogP contribution >= 0.6 is 0 Å². The van der Waals surface area contributed by atoms with Crippen LogP contribution in [-0.2, 0) is 16.1 Å². The Hall–Kier alpha value is -4.43. The van der Waals surface area contributed by atoms with E-state index >= 15 is 0 Å². The number of hydroxylamine groups is 2. The zero-order chi connectivity index (χ0) is 25.0. The summed E-state index contributed by atoms with van der Waals surface area (Å²) in [5.74, 6) is -3.24. The number of aliphatic carboxylic acids is 2. The Balaban J connectivity index is 1.74. The number of nitrogens with one attached hydrogen (secondary N) is 1. The average molecular weight is 470 g/mol. The maximum atomic E-state index is 13.2. The smallest absolute Gasteiger partial charge is 0.326 e. The van der Waals surface area contributed by atoms with Crippen LogP contribution in [0, 0.1) is 5.21 Å². The molecular weight excluding hydrogens is 448 g/mol. The summed E-state index contributed by atoms with van der Waals surface area (Å²) >= 11 is 0. The highest BCUT2D eigenvalue weighted by Gasteiger charge is 2.23. The number of carbonyl (C=O) groups excluding carboxylic acids is 1. The molecule has 1 amide bonds. The second kappa shape index (κ2) is 9.60. The number of nitrogens with two attached hydrogens (primary N) is 2. The molecule has 0 saturated heterocycles. The lowest BCUT2D eigenvalue weighted by atomic mass is 10.1. The van der Waals surface area contributed by atoms with E-state index in [1.165, 1.54) is 37.5 Å². The first-order valence-corrected chi connectivity index (χ1v) is 9.93. The molecule has 2 aromatic heterocycles. The number of hydrogen-bond acceptors (Lipinski definition) is 10. The van der Waals surface area contributed by atoms with Gasteiger partial charge < -0.3 is 36.9 Å². The lowest BCUT2D eigenvalue weighted by molar-refractivity contribution is -0.140. The van der Waals surface area contributed by atoms with Crippen molar-refractivity contribution in [2.24, 2.45) is 0 Å². The predicted molar refractivity (Wildman–Crippen MR) is 121 cm³/mol. The summed E-state index contributed by atoms with van der Waals surface area (Å²) in [5.41, 5.74) is 12.5. The number of quaternary nitrogens is 1. The molecular formula is C20H22N8O6. The topological polar surface area (TPSA) is 230 Å². The molecule has 7 N–H and O–H groups in total. The van der Waals surface area contributed by atoms with Crippen molar-refractivity contribution < 1.29 is 24.6 Å². The minimum Gasteiger partial charge on any atom is -0.627 e. The first-order valence-electron chi connectivity index (χ1n) is 9.93. The fourth-order valence-corrected chi connectivity index (χ4v) is 3.15. The summed E-state index contributed by atoms with van der Waals surface area (Å²) < 4.78 is -0.895. The van der Waals surface area contributed by atoms with Crippen molar-refractivity contribution in [3.05, 3.63) is 46.9 Å². The standard InChI is InChI=1S/C20H22N8O6/c1-28(34,9-11-8-23-17-15(24-11)16(21)26-20(22)27-17)12-4-2-10(3-5-12)18(31)25-13(19(32)33)6-7-14(29)30/h2-5,8,13H,6-7,9H2,1H3,(H,25,31)(H,29,30)(H,32,33)(H4,21,22,23,26,27). The maximum Gasteiger partial charge on any atom is 0.326 e. The highest BCUT2D eigenvalue weighted by molar-refractivity contribution is 5.97. The van der Waals surface area contributed by atoms with E-state index in [0.717, 1.165) is 0 Å². The van der Waals surface area contributed by atoms with Gasteiger partial charge in [0.05, 0.1) is 13.2 Å². The van der Waals surface area contributed by atoms with Gasteiger partial charge in [-0.3, -0.25) is 9.59 Å². The van der Waals surface area contributed by atoms with Gasteiger partial charge >= 0.3 is 11.9 Å². The van der Waals surface area contributed by atoms with Gasteiger partial charge in [0.2, 0.25) is 5.95 Å². The zero-order valence-electron chi connectivity index (χ0n) is 18.0. The zero-order valence-corrected chi connectivity index (χ0v) is 18.0. The number of carboxylic acids is 2. The Labute approximate surface area is 192 Å². The number of fused-ring (bicyclic) bond motifs is 1. The minimum atomic E-state index is -1.36. The second-order valence-electron chi connectivity index (χ2n) is 7.60. The van der Waals surface area contributed by atoms with E-state index < -0.39 is 35.0 Å². The number of nitrogen functional groups attached to an aromatic ring is 2. The number of anilines is 2. The van der Waals surface area contributed by atoms with Crippen molar-refractivity contribution in [3.63, 3.8) is 0 Å². The molecule has 0 spiro atoms. The number of nitrogens with zero attached hydrogens (tertiary/aromatic N) is 5. The quantitative estimate of drug-likeness (QED) is 0.209. The van der Waals surface area contributed by atoms with E-state index in [9.17, 15) is 24.7 Å². The number of carbonyl (C=O) groups is 3. The van der Waals surface area contributed by atoms with E-state index in [-0.39, 0.29) is 41.5 Å². The fraction of sp³-hybridized carbons (Fsp3) is 0.250. The van der Waals surface area contributed by atoms with Crippen LogP contribution in [0.15, 0.2) is 30.5 Å². The molecule has 2 unspecified atom stereocenters. The summed E-state index contributed by atoms with van der Waals surface area (Å²) in [7, 11) is 1.39. The maximum absolute atomic E-state index is 13.2. The molecule has 0 radical (unpaired) electrons. The third-order valence-electron chi connectivity index (χ3n) is 4.89. The van der Waals surface area contributed by atoms with Gasteiger partial charge in [-0.1, -0.05) is 0 Å². The molecule has 2 atom stereocenters. The van der Waals surface area contributed by atoms with Gasteiger partial charge in [0, 0.05) is 24.1 Å². The molecule has 0 aliphatic rings. The fourth-order valence-electron chi connectivity index (χ4n) is 3.15. The number of aromatic nitrogens is 4. The number of rotatable bonds is 9. The Morgan fingerprint density at radius 1 is 1.12 bits per heavy atom. The highest BCUT2D eigenvalue weighted by atomic mass is 16.5. The molecule has 1 aromatic carbocycles. The summed E-state index contributed by atoms with van der Waals surface area (Å²) in [6, 6.07) is 4.25. The minimum absolute atomic E-state index is 0.0373. The lowest BCUT2D eigenvalue weighted by Crippen LogP contribution is -2.41. The normalized spacial score (nSPS) is 13.7. The van der Waals surface area contributed by atoms with Gasteiger partial charge in [-0.25, -0.2) is 14.8 Å². The van der Waals surface area contributed by atoms with Crippen molar-refractivity contribution in [3.8, 4) is 0 Å². The molecule has 0 aliphatic carbocycles. The van der Waals surface area contributed by atoms with Crippen LogP contribution in [0.2, 0.25) is 0 Å². The molecule has 0 fully saturated rings. The first kappa shape index (κ1) is 24.2. The largest absolute Gasteiger partial charge is 0.627 e. The third-order valence-corrected chi connectivity index (χ3v) is 4.89. The molecule has 0 saturated carbocycles. The van der Waals surface area contributed by atoms with Crippen LogP contribution in [0.3, 0.4) is 0 Å². The van der Waals surface area contributed by atoms with E-state index in [1.54, 1.807) is 0 Å². The highest BCUT2D eigenvalue weighted by Crippen LogP contribution is 2.24. The monoisotopic (exact) mass is 470 g/mol. The van der Waals surface area contributed by atoms with Gasteiger partial charge in [-0.2, -0.15) is 9.97 Å². The molecule has 178 valence electrons. The first-order chi connectivity index (χ1) is 16.0. The van der Waals surface area contributed by atoms with Gasteiger partial charge in [0.25, 0.3) is 5.91 Å². The predicted octanol–water partition coefficient (Wildman–Crippen LogP) is 0.267. The van der Waals surface area contributed by atoms with Crippen molar-refractivity contribution in [2.75, 3.05) is 18.5 Å². The van der Waals surface area contributed by atoms with Crippen molar-refractivity contribution in [1.29, 1.82) is 0 Å². The molecule has 3 aromatic rings. The van der Waals surface area contributed by atoms with Gasteiger partial charge in [0.15, 0.2) is 17.0 Å². The Kier molecular flexibility index (Phi) is 6.84. The molecule has 14 nitrogen and oxygen atoms in total. The van der Waals surface area contributed by atoms with Gasteiger partial charge in [-0.15, -0.1) is 0 Å². The van der Waals surface area contributed by atoms with Crippen molar-refractivity contribution >= 4 is 46.5 Å². The Bertz CT molecular complexity index is 1250. The molecule has 0 bridgehead atoms. The molecule has 14 heteroatoms. The lowest BCUT2D eigenvalue weighted by Gasteiger charge is -2.37.